The molecule has 0 heterocycles. The zero-order valence-corrected chi connectivity index (χ0v) is 19.9. The molecule has 1 aliphatic rings. The average molecular weight is 553 g/mol. The Morgan fingerprint density at radius 3 is 2.32 bits per heavy atom. The molecule has 3 amide bonds. The third-order valence-corrected chi connectivity index (χ3v) is 6.07. The number of ether oxygens (including phenoxy) is 1. The number of hydrogen-bond donors (Lipinski definition) is 3. The summed E-state index contributed by atoms with van der Waals surface area (Å²) in [6.07, 6.45) is 5.23. The summed E-state index contributed by atoms with van der Waals surface area (Å²) in [5.41, 5.74) is 5.66. The van der Waals surface area contributed by atoms with E-state index in [1.165, 1.54) is 6.42 Å². The third kappa shape index (κ3) is 7.07. The fourth-order valence-electron chi connectivity index (χ4n) is 3.28. The summed E-state index contributed by atoms with van der Waals surface area (Å²) in [7, 11) is 0. The highest BCUT2D eigenvalue weighted by molar-refractivity contribution is 9.11. The Balaban J connectivity index is 1.43. The fraction of sp³-hybridized carbons (Fsp3) is 0.318. The van der Waals surface area contributed by atoms with Crippen molar-refractivity contribution in [3.05, 3.63) is 57.0 Å². The zero-order chi connectivity index (χ0) is 22.2. The second kappa shape index (κ2) is 11.3. The monoisotopic (exact) mass is 551 g/mol. The largest absolute Gasteiger partial charge is 0.483 e. The predicted octanol–water partition coefficient (Wildman–Crippen LogP) is 4.57. The summed E-state index contributed by atoms with van der Waals surface area (Å²) in [5, 5.41) is 2.90. The van der Waals surface area contributed by atoms with Crippen LogP contribution in [0.1, 0.15) is 42.5 Å². The molecule has 0 radical (unpaired) electrons. The number of hydrogen-bond acceptors (Lipinski definition) is 4. The number of rotatable bonds is 6. The predicted molar refractivity (Wildman–Crippen MR) is 125 cm³/mol. The summed E-state index contributed by atoms with van der Waals surface area (Å²) < 4.78 is 7.00. The van der Waals surface area contributed by atoms with Crippen molar-refractivity contribution in [2.45, 2.75) is 32.1 Å². The molecule has 3 rings (SSSR count). The molecule has 0 bridgehead atoms. The van der Waals surface area contributed by atoms with Gasteiger partial charge in [-0.3, -0.25) is 25.2 Å². The molecular formula is C22H23Br2N3O4. The Morgan fingerprint density at radius 1 is 0.935 bits per heavy atom. The highest BCUT2D eigenvalue weighted by atomic mass is 79.9. The average Bonchev–Trinajstić information content (AvgIpc) is 2.78. The van der Waals surface area contributed by atoms with E-state index in [2.05, 4.69) is 48.0 Å². The first-order valence-electron chi connectivity index (χ1n) is 10.0. The van der Waals surface area contributed by atoms with E-state index in [1.807, 2.05) is 0 Å². The van der Waals surface area contributed by atoms with E-state index in [-0.39, 0.29) is 18.4 Å². The van der Waals surface area contributed by atoms with Crippen LogP contribution in [0.4, 0.5) is 5.69 Å². The number of carbonyl (C=O) groups is 3. The maximum absolute atomic E-state index is 12.3. The summed E-state index contributed by atoms with van der Waals surface area (Å²) in [6.45, 7) is -0.257. The maximum Gasteiger partial charge on any atom is 0.276 e. The summed E-state index contributed by atoms with van der Waals surface area (Å²) >= 11 is 6.69. The van der Waals surface area contributed by atoms with E-state index in [1.54, 1.807) is 42.5 Å². The molecule has 0 aromatic heterocycles. The molecule has 0 spiro atoms. The van der Waals surface area contributed by atoms with Gasteiger partial charge in [0, 0.05) is 21.6 Å². The normalized spacial score (nSPS) is 13.9. The number of hydrazine groups is 1. The van der Waals surface area contributed by atoms with Crippen LogP contribution in [0.5, 0.6) is 5.75 Å². The molecule has 2 aromatic carbocycles. The smallest absolute Gasteiger partial charge is 0.276 e. The molecule has 0 saturated heterocycles. The highest BCUT2D eigenvalue weighted by Crippen LogP contribution is 2.28. The first-order valence-corrected chi connectivity index (χ1v) is 11.6. The molecule has 31 heavy (non-hydrogen) atoms. The van der Waals surface area contributed by atoms with Gasteiger partial charge in [0.15, 0.2) is 6.61 Å². The van der Waals surface area contributed by atoms with Crippen LogP contribution in [0, 0.1) is 5.92 Å². The van der Waals surface area contributed by atoms with Gasteiger partial charge in [0.1, 0.15) is 5.75 Å². The van der Waals surface area contributed by atoms with Gasteiger partial charge in [0.2, 0.25) is 5.91 Å². The minimum Gasteiger partial charge on any atom is -0.483 e. The first-order chi connectivity index (χ1) is 14.9. The van der Waals surface area contributed by atoms with Crippen LogP contribution in [0.25, 0.3) is 0 Å². The van der Waals surface area contributed by atoms with Crippen LogP contribution >= 0.6 is 31.9 Å². The van der Waals surface area contributed by atoms with Crippen molar-refractivity contribution in [2.24, 2.45) is 5.92 Å². The van der Waals surface area contributed by atoms with Crippen molar-refractivity contribution in [3.8, 4) is 5.75 Å². The Morgan fingerprint density at radius 2 is 1.65 bits per heavy atom. The SMILES string of the molecule is O=C(COc1ccc(Br)cc1Br)NNC(=O)c1ccc(NC(=O)C2CCCCC2)cc1. The number of carbonyl (C=O) groups excluding carboxylic acids is 3. The van der Waals surface area contributed by atoms with Gasteiger partial charge < -0.3 is 10.1 Å². The van der Waals surface area contributed by atoms with Crippen LogP contribution in [0.2, 0.25) is 0 Å². The van der Waals surface area contributed by atoms with Crippen LogP contribution < -0.4 is 20.9 Å². The molecule has 1 saturated carbocycles. The molecule has 3 N–H and O–H groups in total. The lowest BCUT2D eigenvalue weighted by Gasteiger charge is -2.20. The molecule has 9 heteroatoms. The molecule has 7 nitrogen and oxygen atoms in total. The van der Waals surface area contributed by atoms with Gasteiger partial charge in [-0.1, -0.05) is 35.2 Å². The number of halogens is 2. The lowest BCUT2D eigenvalue weighted by Crippen LogP contribution is -2.43. The second-order valence-electron chi connectivity index (χ2n) is 7.27. The van der Waals surface area contributed by atoms with Crippen molar-refractivity contribution in [1.29, 1.82) is 0 Å². The van der Waals surface area contributed by atoms with Gasteiger partial charge in [-0.2, -0.15) is 0 Å². The molecule has 1 fully saturated rings. The molecule has 0 atom stereocenters. The van der Waals surface area contributed by atoms with Crippen LogP contribution in [-0.2, 0) is 9.59 Å². The maximum atomic E-state index is 12.3. The standard InChI is InChI=1S/C22H23Br2N3O4/c23-16-8-11-19(18(24)12-16)31-13-20(28)26-27-22(30)15-6-9-17(10-7-15)25-21(29)14-4-2-1-3-5-14/h6-12,14H,1-5,13H2,(H,25,29)(H,26,28)(H,27,30). The van der Waals surface area contributed by atoms with E-state index in [4.69, 9.17) is 4.74 Å². The van der Waals surface area contributed by atoms with Crippen molar-refractivity contribution >= 4 is 55.3 Å². The zero-order valence-electron chi connectivity index (χ0n) is 16.8. The van der Waals surface area contributed by atoms with E-state index < -0.39 is 11.8 Å². The topological polar surface area (TPSA) is 96.5 Å². The number of anilines is 1. The molecule has 2 aromatic rings. The van der Waals surface area contributed by atoms with E-state index in [0.717, 1.165) is 30.2 Å². The molecular weight excluding hydrogens is 530 g/mol. The molecule has 0 unspecified atom stereocenters. The van der Waals surface area contributed by atoms with Crippen molar-refractivity contribution in [3.63, 3.8) is 0 Å². The van der Waals surface area contributed by atoms with E-state index in [0.29, 0.717) is 21.5 Å². The quantitative estimate of drug-likeness (QED) is 0.457. The van der Waals surface area contributed by atoms with Gasteiger partial charge in [-0.15, -0.1) is 0 Å². The van der Waals surface area contributed by atoms with Gasteiger partial charge in [0.25, 0.3) is 11.8 Å². The third-order valence-electron chi connectivity index (χ3n) is 4.96. The Kier molecular flexibility index (Phi) is 8.48. The Hall–Kier alpha value is -2.39. The number of amides is 3. The molecule has 1 aliphatic carbocycles. The lowest BCUT2D eigenvalue weighted by molar-refractivity contribution is -0.124. The number of nitrogens with one attached hydrogen (secondary N) is 3. The van der Waals surface area contributed by atoms with Gasteiger partial charge in [0.05, 0.1) is 4.47 Å². The van der Waals surface area contributed by atoms with Crippen molar-refractivity contribution in [2.75, 3.05) is 11.9 Å². The van der Waals surface area contributed by atoms with Gasteiger partial charge in [-0.05, 0) is 71.2 Å². The fourth-order valence-corrected chi connectivity index (χ4v) is 4.45. The Labute approximate surface area is 197 Å². The van der Waals surface area contributed by atoms with Crippen LogP contribution in [-0.4, -0.2) is 24.3 Å². The number of benzene rings is 2. The minimum absolute atomic E-state index is 0.0292. The second-order valence-corrected chi connectivity index (χ2v) is 9.04. The summed E-state index contributed by atoms with van der Waals surface area (Å²) in [4.78, 5) is 36.5. The van der Waals surface area contributed by atoms with Crippen LogP contribution in [0.3, 0.4) is 0 Å². The first kappa shape index (κ1) is 23.3. The highest BCUT2D eigenvalue weighted by Gasteiger charge is 2.21. The van der Waals surface area contributed by atoms with E-state index >= 15 is 0 Å². The Bertz CT molecular complexity index is 944. The van der Waals surface area contributed by atoms with Crippen molar-refractivity contribution in [1.82, 2.24) is 10.9 Å². The van der Waals surface area contributed by atoms with Crippen LogP contribution in [0.15, 0.2) is 51.4 Å². The molecule has 164 valence electrons. The van der Waals surface area contributed by atoms with Gasteiger partial charge >= 0.3 is 0 Å². The molecule has 0 aliphatic heterocycles. The minimum atomic E-state index is -0.500. The lowest BCUT2D eigenvalue weighted by atomic mass is 9.88. The van der Waals surface area contributed by atoms with Gasteiger partial charge in [-0.25, -0.2) is 0 Å². The van der Waals surface area contributed by atoms with E-state index in [9.17, 15) is 14.4 Å². The van der Waals surface area contributed by atoms with Crippen molar-refractivity contribution < 1.29 is 19.1 Å². The summed E-state index contributed by atoms with van der Waals surface area (Å²) in [6, 6.07) is 11.8. The summed E-state index contributed by atoms with van der Waals surface area (Å²) in [5.74, 6) is -0.368.